The first-order valence-corrected chi connectivity index (χ1v) is 9.71. The number of anilines is 1. The fourth-order valence-electron chi connectivity index (χ4n) is 2.49. The summed E-state index contributed by atoms with van der Waals surface area (Å²) < 4.78 is 0.864. The molecule has 6 nitrogen and oxygen atoms in total. The number of amides is 2. The molecule has 3 N–H and O–H groups in total. The number of hydrogen-bond donors (Lipinski definition) is 2. The Kier molecular flexibility index (Phi) is 5.24. The van der Waals surface area contributed by atoms with Crippen molar-refractivity contribution >= 4 is 50.9 Å². The third kappa shape index (κ3) is 4.03. The van der Waals surface area contributed by atoms with Crippen molar-refractivity contribution in [2.75, 3.05) is 11.1 Å². The van der Waals surface area contributed by atoms with Crippen LogP contribution in [0.5, 0.6) is 0 Å². The molecule has 2 aromatic heterocycles. The molecule has 0 aliphatic carbocycles. The van der Waals surface area contributed by atoms with E-state index in [1.165, 1.54) is 23.1 Å². The van der Waals surface area contributed by atoms with Gasteiger partial charge in [0.15, 0.2) is 5.13 Å². The molecule has 3 aromatic rings. The number of thioether (sulfide) groups is 1. The van der Waals surface area contributed by atoms with Crippen LogP contribution in [0.4, 0.5) is 5.13 Å². The first-order valence-electron chi connectivity index (χ1n) is 7.91. The number of primary amides is 1. The molecule has 0 atom stereocenters. The lowest BCUT2D eigenvalue weighted by molar-refractivity contribution is -0.115. The lowest BCUT2D eigenvalue weighted by atomic mass is 10.1. The van der Waals surface area contributed by atoms with Crippen LogP contribution >= 0.6 is 23.1 Å². The molecule has 3 rings (SSSR count). The molecule has 1 aromatic carbocycles. The van der Waals surface area contributed by atoms with Gasteiger partial charge in [-0.3, -0.25) is 19.9 Å². The van der Waals surface area contributed by atoms with Gasteiger partial charge in [0.05, 0.1) is 32.4 Å². The number of aromatic nitrogens is 2. The minimum absolute atomic E-state index is 0.184. The van der Waals surface area contributed by atoms with Crippen LogP contribution in [0.15, 0.2) is 28.5 Å². The largest absolute Gasteiger partial charge is 0.369 e. The molecule has 0 aliphatic rings. The van der Waals surface area contributed by atoms with Gasteiger partial charge >= 0.3 is 0 Å². The highest BCUT2D eigenvalue weighted by Gasteiger charge is 2.16. The molecule has 2 heterocycles. The van der Waals surface area contributed by atoms with E-state index in [1.807, 2.05) is 45.0 Å². The molecule has 26 heavy (non-hydrogen) atoms. The smallest absolute Gasteiger partial charge is 0.259 e. The molecular formula is C18H18N4O2S2. The summed E-state index contributed by atoms with van der Waals surface area (Å²) >= 11 is 2.65. The van der Waals surface area contributed by atoms with Crippen molar-refractivity contribution in [1.82, 2.24) is 9.97 Å². The van der Waals surface area contributed by atoms with Crippen molar-refractivity contribution in [3.63, 3.8) is 0 Å². The van der Waals surface area contributed by atoms with Crippen LogP contribution in [0.1, 0.15) is 27.3 Å². The Labute approximate surface area is 159 Å². The summed E-state index contributed by atoms with van der Waals surface area (Å²) in [6.45, 7) is 5.65. The molecule has 0 saturated heterocycles. The number of nitrogens with one attached hydrogen (secondary N) is 1. The number of rotatable bonds is 5. The number of nitrogens with two attached hydrogens (primary N) is 1. The Morgan fingerprint density at radius 1 is 1.15 bits per heavy atom. The summed E-state index contributed by atoms with van der Waals surface area (Å²) in [4.78, 5) is 32.5. The van der Waals surface area contributed by atoms with E-state index < -0.39 is 0 Å². The summed E-state index contributed by atoms with van der Waals surface area (Å²) in [5, 5.41) is 4.24. The third-order valence-electron chi connectivity index (χ3n) is 3.73. The normalized spacial score (nSPS) is 10.9. The summed E-state index contributed by atoms with van der Waals surface area (Å²) in [5.41, 5.74) is 9.09. The van der Waals surface area contributed by atoms with Gasteiger partial charge in [-0.15, -0.1) is 11.8 Å². The van der Waals surface area contributed by atoms with E-state index in [0.29, 0.717) is 16.4 Å². The molecule has 0 bridgehead atoms. The lowest BCUT2D eigenvalue weighted by Gasteiger charge is -2.07. The van der Waals surface area contributed by atoms with E-state index in [9.17, 15) is 9.59 Å². The maximum atomic E-state index is 12.7. The van der Waals surface area contributed by atoms with Gasteiger partial charge in [0.25, 0.3) is 5.91 Å². The lowest BCUT2D eigenvalue weighted by Crippen LogP contribution is -2.14. The average Bonchev–Trinajstić information content (AvgIpc) is 2.92. The molecule has 0 fully saturated rings. The van der Waals surface area contributed by atoms with Crippen LogP contribution in [0.25, 0.3) is 10.9 Å². The van der Waals surface area contributed by atoms with E-state index in [4.69, 9.17) is 5.73 Å². The molecule has 0 aliphatic heterocycles. The third-order valence-corrected chi connectivity index (χ3v) is 6.18. The maximum absolute atomic E-state index is 12.7. The predicted octanol–water partition coefficient (Wildman–Crippen LogP) is 3.45. The number of aryl methyl sites for hydroxylation is 3. The van der Waals surface area contributed by atoms with Crippen molar-refractivity contribution in [3.05, 3.63) is 46.8 Å². The van der Waals surface area contributed by atoms with Crippen LogP contribution in [0.3, 0.4) is 0 Å². The molecule has 134 valence electrons. The Morgan fingerprint density at radius 2 is 1.92 bits per heavy atom. The predicted molar refractivity (Wildman–Crippen MR) is 106 cm³/mol. The van der Waals surface area contributed by atoms with Crippen molar-refractivity contribution < 1.29 is 9.59 Å². The van der Waals surface area contributed by atoms with Gasteiger partial charge in [0.2, 0.25) is 5.91 Å². The molecule has 8 heteroatoms. The van der Waals surface area contributed by atoms with Crippen molar-refractivity contribution in [1.29, 1.82) is 0 Å². The van der Waals surface area contributed by atoms with Crippen molar-refractivity contribution in [3.8, 4) is 0 Å². The minimum Gasteiger partial charge on any atom is -0.369 e. The average molecular weight is 387 g/mol. The number of nitrogens with zero attached hydrogens (tertiary/aromatic N) is 2. The molecule has 0 spiro atoms. The van der Waals surface area contributed by atoms with Gasteiger partial charge in [-0.1, -0.05) is 23.0 Å². The highest BCUT2D eigenvalue weighted by atomic mass is 32.2. The summed E-state index contributed by atoms with van der Waals surface area (Å²) in [5.74, 6) is -0.455. The standard InChI is InChI=1S/C18H18N4O2S2/c1-9-4-5-14-12(6-9)7-13(10(2)20-14)16(24)22-18-21-11(3)17(26-18)25-8-15(19)23/h4-7H,8H2,1-3H3,(H2,19,23)(H,21,22,24). The molecule has 0 saturated carbocycles. The minimum atomic E-state index is -0.387. The van der Waals surface area contributed by atoms with Crippen molar-refractivity contribution in [2.24, 2.45) is 5.73 Å². The van der Waals surface area contributed by atoms with Gasteiger partial charge in [-0.05, 0) is 39.0 Å². The zero-order valence-electron chi connectivity index (χ0n) is 14.6. The molecular weight excluding hydrogens is 368 g/mol. The monoisotopic (exact) mass is 386 g/mol. The van der Waals surface area contributed by atoms with Crippen LogP contribution in [0.2, 0.25) is 0 Å². The first-order chi connectivity index (χ1) is 12.3. The number of carbonyl (C=O) groups is 2. The first kappa shape index (κ1) is 18.3. The second-order valence-corrected chi connectivity index (χ2v) is 8.16. The maximum Gasteiger partial charge on any atom is 0.259 e. The van der Waals surface area contributed by atoms with Gasteiger partial charge in [-0.2, -0.15) is 0 Å². The Hall–Kier alpha value is -2.45. The number of pyridine rings is 1. The number of fused-ring (bicyclic) bond motifs is 1. The zero-order chi connectivity index (χ0) is 18.8. The second-order valence-electron chi connectivity index (χ2n) is 5.92. The highest BCUT2D eigenvalue weighted by molar-refractivity contribution is 8.01. The van der Waals surface area contributed by atoms with Crippen LogP contribution in [-0.4, -0.2) is 27.5 Å². The van der Waals surface area contributed by atoms with E-state index in [-0.39, 0.29) is 17.6 Å². The Bertz CT molecular complexity index is 1010. The van der Waals surface area contributed by atoms with Crippen LogP contribution < -0.4 is 11.1 Å². The Morgan fingerprint density at radius 3 is 2.65 bits per heavy atom. The summed E-state index contributed by atoms with van der Waals surface area (Å²) in [6.07, 6.45) is 0. The molecule has 2 amide bonds. The molecule has 0 radical (unpaired) electrons. The number of hydrogen-bond acceptors (Lipinski definition) is 6. The summed E-state index contributed by atoms with van der Waals surface area (Å²) in [7, 11) is 0. The highest BCUT2D eigenvalue weighted by Crippen LogP contribution is 2.32. The fourth-order valence-corrected chi connectivity index (χ4v) is 4.37. The quantitative estimate of drug-likeness (QED) is 0.655. The van der Waals surface area contributed by atoms with E-state index in [1.54, 1.807) is 0 Å². The number of thiazole rings is 1. The van der Waals surface area contributed by atoms with Crippen LogP contribution in [-0.2, 0) is 4.79 Å². The van der Waals surface area contributed by atoms with Crippen LogP contribution in [0, 0.1) is 20.8 Å². The fraction of sp³-hybridized carbons (Fsp3) is 0.222. The van der Waals surface area contributed by atoms with E-state index in [2.05, 4.69) is 15.3 Å². The Balaban J connectivity index is 1.84. The van der Waals surface area contributed by atoms with Gasteiger partial charge < -0.3 is 5.73 Å². The van der Waals surface area contributed by atoms with E-state index in [0.717, 1.165) is 26.4 Å². The SMILES string of the molecule is Cc1ccc2nc(C)c(C(=O)Nc3nc(C)c(SCC(N)=O)s3)cc2c1. The number of benzene rings is 1. The van der Waals surface area contributed by atoms with Gasteiger partial charge in [0, 0.05) is 5.39 Å². The zero-order valence-corrected chi connectivity index (χ0v) is 16.3. The number of carbonyl (C=O) groups excluding carboxylic acids is 2. The summed E-state index contributed by atoms with van der Waals surface area (Å²) in [6, 6.07) is 7.80. The van der Waals surface area contributed by atoms with Crippen molar-refractivity contribution in [2.45, 2.75) is 25.0 Å². The molecule has 0 unspecified atom stereocenters. The van der Waals surface area contributed by atoms with Gasteiger partial charge in [0.1, 0.15) is 0 Å². The van der Waals surface area contributed by atoms with E-state index >= 15 is 0 Å². The topological polar surface area (TPSA) is 98.0 Å². The van der Waals surface area contributed by atoms with Gasteiger partial charge in [-0.25, -0.2) is 4.98 Å². The second kappa shape index (κ2) is 7.43.